The van der Waals surface area contributed by atoms with Gasteiger partial charge in [0.2, 0.25) is 0 Å². The molecule has 0 radical (unpaired) electrons. The molecule has 2 rings (SSSR count). The molecule has 1 nitrogen and oxygen atoms in total. The minimum atomic E-state index is 0.764. The summed E-state index contributed by atoms with van der Waals surface area (Å²) in [7, 11) is 0. The topological polar surface area (TPSA) is 12.0 Å². The zero-order valence-electron chi connectivity index (χ0n) is 8.22. The maximum absolute atomic E-state index is 3.32. The lowest BCUT2D eigenvalue weighted by Crippen LogP contribution is -2.49. The van der Waals surface area contributed by atoms with Crippen LogP contribution in [-0.4, -0.2) is 12.6 Å². The number of rotatable bonds is 0. The lowest BCUT2D eigenvalue weighted by atomic mass is 9.95. The van der Waals surface area contributed by atoms with Crippen molar-refractivity contribution in [2.45, 2.75) is 40.2 Å². The average Bonchev–Trinajstić information content (AvgIpc) is 2.39. The fourth-order valence-corrected chi connectivity index (χ4v) is 1.28. The van der Waals surface area contributed by atoms with Crippen molar-refractivity contribution in [3.05, 3.63) is 12.2 Å². The van der Waals surface area contributed by atoms with Gasteiger partial charge in [-0.1, -0.05) is 39.8 Å². The van der Waals surface area contributed by atoms with Crippen LogP contribution in [0.2, 0.25) is 0 Å². The number of hydrogen-bond acceptors (Lipinski definition) is 1. The van der Waals surface area contributed by atoms with Crippen molar-refractivity contribution < 1.29 is 0 Å². The second-order valence-electron chi connectivity index (χ2n) is 2.36. The first-order chi connectivity index (χ1) is 5.47. The van der Waals surface area contributed by atoms with Gasteiger partial charge in [-0.05, 0) is 12.3 Å². The van der Waals surface area contributed by atoms with Gasteiger partial charge in [-0.15, -0.1) is 0 Å². The van der Waals surface area contributed by atoms with E-state index in [0.29, 0.717) is 0 Å². The van der Waals surface area contributed by atoms with E-state index >= 15 is 0 Å². The van der Waals surface area contributed by atoms with Crippen LogP contribution in [-0.2, 0) is 0 Å². The Labute approximate surface area is 70.9 Å². The molecule has 66 valence electrons. The zero-order chi connectivity index (χ0) is 8.69. The lowest BCUT2D eigenvalue weighted by Gasteiger charge is -2.31. The van der Waals surface area contributed by atoms with Gasteiger partial charge < -0.3 is 5.32 Å². The van der Waals surface area contributed by atoms with E-state index in [2.05, 4.69) is 17.5 Å². The SMILES string of the molecule is C1=CC2NCC2C1.CC.CC. The van der Waals surface area contributed by atoms with Gasteiger partial charge in [-0.25, -0.2) is 0 Å². The summed E-state index contributed by atoms with van der Waals surface area (Å²) in [5.74, 6) is 0.972. The fraction of sp³-hybridized carbons (Fsp3) is 0.800. The highest BCUT2D eigenvalue weighted by Crippen LogP contribution is 2.24. The highest BCUT2D eigenvalue weighted by atomic mass is 15.0. The molecule has 1 saturated heterocycles. The molecule has 1 aliphatic carbocycles. The standard InChI is InChI=1S/C6H9N.2C2H6/c1-2-5-4-7-6(5)3-1;2*1-2/h1,3,5-7H,2,4H2;2*1-2H3. The molecule has 1 heterocycles. The van der Waals surface area contributed by atoms with Gasteiger partial charge in [0.1, 0.15) is 0 Å². The first-order valence-electron chi connectivity index (χ1n) is 4.87. The first kappa shape index (κ1) is 10.7. The van der Waals surface area contributed by atoms with Crippen LogP contribution in [0.3, 0.4) is 0 Å². The molecule has 2 aliphatic rings. The second kappa shape index (κ2) is 6.41. The van der Waals surface area contributed by atoms with E-state index in [9.17, 15) is 0 Å². The molecule has 1 N–H and O–H groups in total. The Balaban J connectivity index is 0.000000222. The molecule has 0 saturated carbocycles. The van der Waals surface area contributed by atoms with Crippen LogP contribution in [0.4, 0.5) is 0 Å². The van der Waals surface area contributed by atoms with Gasteiger partial charge in [-0.2, -0.15) is 0 Å². The molecule has 0 spiro atoms. The number of fused-ring (bicyclic) bond motifs is 1. The van der Waals surface area contributed by atoms with Crippen LogP contribution in [0, 0.1) is 5.92 Å². The third-order valence-corrected chi connectivity index (χ3v) is 1.91. The summed E-state index contributed by atoms with van der Waals surface area (Å²) in [5.41, 5.74) is 0. The summed E-state index contributed by atoms with van der Waals surface area (Å²) < 4.78 is 0. The molecule has 0 aromatic heterocycles. The van der Waals surface area contributed by atoms with Crippen molar-refractivity contribution in [2.24, 2.45) is 5.92 Å². The Morgan fingerprint density at radius 1 is 1.18 bits per heavy atom. The van der Waals surface area contributed by atoms with E-state index in [-0.39, 0.29) is 0 Å². The van der Waals surface area contributed by atoms with Gasteiger partial charge in [-0.3, -0.25) is 0 Å². The largest absolute Gasteiger partial charge is 0.310 e. The summed E-state index contributed by atoms with van der Waals surface area (Å²) in [4.78, 5) is 0. The molecule has 11 heavy (non-hydrogen) atoms. The Morgan fingerprint density at radius 2 is 1.82 bits per heavy atom. The molecule has 0 amide bonds. The van der Waals surface area contributed by atoms with Crippen LogP contribution in [0.25, 0.3) is 0 Å². The van der Waals surface area contributed by atoms with E-state index < -0.39 is 0 Å². The van der Waals surface area contributed by atoms with Gasteiger partial charge >= 0.3 is 0 Å². The molecule has 2 atom stereocenters. The van der Waals surface area contributed by atoms with Crippen LogP contribution in [0.5, 0.6) is 0 Å². The maximum atomic E-state index is 3.32. The molecule has 1 aliphatic heterocycles. The smallest absolute Gasteiger partial charge is 0.0293 e. The molecule has 0 aromatic carbocycles. The minimum absolute atomic E-state index is 0.764. The highest BCUT2D eigenvalue weighted by Gasteiger charge is 2.29. The number of allylic oxidation sites excluding steroid dienone is 1. The van der Waals surface area contributed by atoms with E-state index in [4.69, 9.17) is 0 Å². The Kier molecular flexibility index (Phi) is 6.24. The predicted octanol–water partition coefficient (Wildman–Crippen LogP) is 2.59. The Morgan fingerprint density at radius 3 is 2.00 bits per heavy atom. The van der Waals surface area contributed by atoms with Crippen molar-refractivity contribution in [2.75, 3.05) is 6.54 Å². The van der Waals surface area contributed by atoms with Crippen molar-refractivity contribution in [1.29, 1.82) is 0 Å². The summed E-state index contributed by atoms with van der Waals surface area (Å²) in [6.07, 6.45) is 5.86. The summed E-state index contributed by atoms with van der Waals surface area (Å²) in [5, 5.41) is 3.32. The molecule has 0 bridgehead atoms. The minimum Gasteiger partial charge on any atom is -0.310 e. The normalized spacial score (nSPS) is 30.2. The fourth-order valence-electron chi connectivity index (χ4n) is 1.28. The van der Waals surface area contributed by atoms with Crippen LogP contribution < -0.4 is 5.32 Å². The number of nitrogens with one attached hydrogen (secondary N) is 1. The predicted molar refractivity (Wildman–Crippen MR) is 51.7 cm³/mol. The van der Waals surface area contributed by atoms with Gasteiger partial charge in [0.05, 0.1) is 0 Å². The van der Waals surface area contributed by atoms with Crippen molar-refractivity contribution in [1.82, 2.24) is 5.32 Å². The third-order valence-electron chi connectivity index (χ3n) is 1.91. The van der Waals surface area contributed by atoms with Gasteiger partial charge in [0, 0.05) is 12.6 Å². The van der Waals surface area contributed by atoms with Crippen molar-refractivity contribution in [3.8, 4) is 0 Å². The third kappa shape index (κ3) is 2.66. The molecule has 0 aromatic rings. The first-order valence-corrected chi connectivity index (χ1v) is 4.87. The van der Waals surface area contributed by atoms with E-state index in [1.807, 2.05) is 27.7 Å². The maximum Gasteiger partial charge on any atom is 0.0293 e. The zero-order valence-corrected chi connectivity index (χ0v) is 8.22. The molecular formula is C10H21N. The van der Waals surface area contributed by atoms with Gasteiger partial charge in [0.25, 0.3) is 0 Å². The van der Waals surface area contributed by atoms with E-state index in [0.717, 1.165) is 12.0 Å². The van der Waals surface area contributed by atoms with Gasteiger partial charge in [0.15, 0.2) is 0 Å². The summed E-state index contributed by atoms with van der Waals surface area (Å²) in [6, 6.07) is 0.764. The van der Waals surface area contributed by atoms with Crippen LogP contribution in [0.15, 0.2) is 12.2 Å². The molecule has 1 heteroatoms. The van der Waals surface area contributed by atoms with Crippen molar-refractivity contribution in [3.63, 3.8) is 0 Å². The average molecular weight is 155 g/mol. The van der Waals surface area contributed by atoms with E-state index in [1.165, 1.54) is 13.0 Å². The second-order valence-corrected chi connectivity index (χ2v) is 2.36. The quantitative estimate of drug-likeness (QED) is 0.530. The highest BCUT2D eigenvalue weighted by molar-refractivity contribution is 5.11. The van der Waals surface area contributed by atoms with E-state index in [1.54, 1.807) is 0 Å². The Hall–Kier alpha value is -0.300. The number of hydrogen-bond donors (Lipinski definition) is 1. The van der Waals surface area contributed by atoms with Crippen molar-refractivity contribution >= 4 is 0 Å². The molecular weight excluding hydrogens is 134 g/mol. The summed E-state index contributed by atoms with van der Waals surface area (Å²) >= 11 is 0. The van der Waals surface area contributed by atoms with Crippen LogP contribution >= 0.6 is 0 Å². The molecule has 1 fully saturated rings. The Bertz CT molecular complexity index is 107. The monoisotopic (exact) mass is 155 g/mol. The van der Waals surface area contributed by atoms with Crippen LogP contribution in [0.1, 0.15) is 34.1 Å². The molecule has 2 unspecified atom stereocenters. The summed E-state index contributed by atoms with van der Waals surface area (Å²) in [6.45, 7) is 9.25. The lowest BCUT2D eigenvalue weighted by molar-refractivity contribution is 0.300.